The van der Waals surface area contributed by atoms with Crippen LogP contribution in [0.25, 0.3) is 0 Å². The minimum atomic E-state index is -0.953. The lowest BCUT2D eigenvalue weighted by atomic mass is 10.2. The molecule has 7 nitrogen and oxygen atoms in total. The lowest BCUT2D eigenvalue weighted by Gasteiger charge is -2.19. The van der Waals surface area contributed by atoms with E-state index in [0.29, 0.717) is 0 Å². The molecule has 2 N–H and O–H groups in total. The molecule has 9 heteroatoms. The SMILES string of the molecule is CC(C)(C)OC(=O)Nc1cccc(C(=O)OCC(=O)Nc2c(F)cccc2F)c1. The van der Waals surface area contributed by atoms with Gasteiger partial charge in [-0.05, 0) is 51.1 Å². The van der Waals surface area contributed by atoms with Gasteiger partial charge in [0.05, 0.1) is 5.56 Å². The molecule has 154 valence electrons. The Morgan fingerprint density at radius 3 is 2.21 bits per heavy atom. The third-order valence-corrected chi connectivity index (χ3v) is 3.31. The summed E-state index contributed by atoms with van der Waals surface area (Å²) in [4.78, 5) is 35.7. The molecule has 0 aliphatic heterocycles. The predicted octanol–water partition coefficient (Wildman–Crippen LogP) is 4.11. The predicted molar refractivity (Wildman–Crippen MR) is 102 cm³/mol. The molecular weight excluding hydrogens is 386 g/mol. The Kier molecular flexibility index (Phi) is 6.87. The third kappa shape index (κ3) is 6.87. The summed E-state index contributed by atoms with van der Waals surface area (Å²) in [7, 11) is 0. The number of halogens is 2. The standard InChI is InChI=1S/C20H20F2N2O5/c1-20(2,3)29-19(27)23-13-7-4-6-12(10-13)18(26)28-11-16(25)24-17-14(21)8-5-9-15(17)22/h4-10H,11H2,1-3H3,(H,23,27)(H,24,25). The van der Waals surface area contributed by atoms with Crippen molar-refractivity contribution in [3.05, 3.63) is 59.7 Å². The number of para-hydroxylation sites is 1. The zero-order chi connectivity index (χ0) is 21.6. The summed E-state index contributed by atoms with van der Waals surface area (Å²) in [6.07, 6.45) is -0.700. The van der Waals surface area contributed by atoms with Gasteiger partial charge < -0.3 is 14.8 Å². The number of hydrogen-bond acceptors (Lipinski definition) is 5. The molecular formula is C20H20F2N2O5. The van der Waals surface area contributed by atoms with E-state index in [1.165, 1.54) is 24.3 Å². The summed E-state index contributed by atoms with van der Waals surface area (Å²) >= 11 is 0. The lowest BCUT2D eigenvalue weighted by Crippen LogP contribution is -2.27. The zero-order valence-corrected chi connectivity index (χ0v) is 16.0. The molecule has 0 radical (unpaired) electrons. The number of carbonyl (C=O) groups excluding carboxylic acids is 3. The summed E-state index contributed by atoms with van der Waals surface area (Å²) in [5, 5.41) is 4.48. The van der Waals surface area contributed by atoms with E-state index < -0.39 is 47.5 Å². The maximum atomic E-state index is 13.5. The monoisotopic (exact) mass is 406 g/mol. The molecule has 0 bridgehead atoms. The molecule has 0 aliphatic rings. The van der Waals surface area contributed by atoms with Crippen LogP contribution in [-0.2, 0) is 14.3 Å². The molecule has 0 unspecified atom stereocenters. The van der Waals surface area contributed by atoms with Crippen LogP contribution < -0.4 is 10.6 Å². The van der Waals surface area contributed by atoms with Gasteiger partial charge in [-0.2, -0.15) is 0 Å². The van der Waals surface area contributed by atoms with E-state index in [0.717, 1.165) is 18.2 Å². The van der Waals surface area contributed by atoms with Gasteiger partial charge in [-0.25, -0.2) is 18.4 Å². The van der Waals surface area contributed by atoms with E-state index >= 15 is 0 Å². The number of ether oxygens (including phenoxy) is 2. The Labute approximate surface area is 166 Å². The molecule has 0 aromatic heterocycles. The maximum Gasteiger partial charge on any atom is 0.412 e. The molecule has 0 saturated carbocycles. The highest BCUT2D eigenvalue weighted by Gasteiger charge is 2.18. The Bertz CT molecular complexity index is 905. The minimum absolute atomic E-state index is 0.0587. The number of amides is 2. The fraction of sp³-hybridized carbons (Fsp3) is 0.250. The fourth-order valence-electron chi connectivity index (χ4n) is 2.15. The smallest absolute Gasteiger partial charge is 0.412 e. The highest BCUT2D eigenvalue weighted by molar-refractivity contribution is 5.96. The molecule has 0 fully saturated rings. The van der Waals surface area contributed by atoms with Gasteiger partial charge in [0.15, 0.2) is 6.61 Å². The van der Waals surface area contributed by atoms with Crippen LogP contribution in [0.1, 0.15) is 31.1 Å². The van der Waals surface area contributed by atoms with Crippen molar-refractivity contribution in [3.8, 4) is 0 Å². The Hall–Kier alpha value is -3.49. The summed E-state index contributed by atoms with van der Waals surface area (Å²) < 4.78 is 37.0. The van der Waals surface area contributed by atoms with Gasteiger partial charge in [0.1, 0.15) is 22.9 Å². The van der Waals surface area contributed by atoms with Gasteiger partial charge in [0.25, 0.3) is 5.91 Å². The van der Waals surface area contributed by atoms with Crippen molar-refractivity contribution in [3.63, 3.8) is 0 Å². The van der Waals surface area contributed by atoms with Crippen molar-refractivity contribution >= 4 is 29.3 Å². The van der Waals surface area contributed by atoms with Gasteiger partial charge in [-0.1, -0.05) is 12.1 Å². The first-order valence-electron chi connectivity index (χ1n) is 8.56. The van der Waals surface area contributed by atoms with Crippen molar-refractivity contribution < 1.29 is 32.6 Å². The van der Waals surface area contributed by atoms with E-state index in [2.05, 4.69) is 5.32 Å². The average Bonchev–Trinajstić information content (AvgIpc) is 2.61. The van der Waals surface area contributed by atoms with Crippen molar-refractivity contribution in [1.29, 1.82) is 0 Å². The van der Waals surface area contributed by atoms with Crippen molar-refractivity contribution in [1.82, 2.24) is 0 Å². The van der Waals surface area contributed by atoms with Crippen LogP contribution in [0.2, 0.25) is 0 Å². The van der Waals surface area contributed by atoms with E-state index in [9.17, 15) is 23.2 Å². The maximum absolute atomic E-state index is 13.5. The van der Waals surface area contributed by atoms with Gasteiger partial charge in [0, 0.05) is 5.69 Å². The van der Waals surface area contributed by atoms with Crippen molar-refractivity contribution in [2.75, 3.05) is 17.2 Å². The van der Waals surface area contributed by atoms with Crippen LogP contribution in [0, 0.1) is 11.6 Å². The van der Waals surface area contributed by atoms with Gasteiger partial charge in [-0.15, -0.1) is 0 Å². The number of nitrogens with one attached hydrogen (secondary N) is 2. The number of hydrogen-bond donors (Lipinski definition) is 2. The summed E-state index contributed by atoms with van der Waals surface area (Å²) in [5.41, 5.74) is -0.974. The summed E-state index contributed by atoms with van der Waals surface area (Å²) in [6.45, 7) is 4.37. The highest BCUT2D eigenvalue weighted by Crippen LogP contribution is 2.18. The summed E-state index contributed by atoms with van der Waals surface area (Å²) in [5.74, 6) is -3.68. The molecule has 2 rings (SSSR count). The third-order valence-electron chi connectivity index (χ3n) is 3.31. The number of anilines is 2. The second kappa shape index (κ2) is 9.13. The molecule has 0 saturated heterocycles. The van der Waals surface area contributed by atoms with Crippen LogP contribution in [-0.4, -0.2) is 30.2 Å². The van der Waals surface area contributed by atoms with Crippen LogP contribution in [0.3, 0.4) is 0 Å². The molecule has 0 atom stereocenters. The quantitative estimate of drug-likeness (QED) is 0.729. The molecule has 0 heterocycles. The molecule has 2 aromatic rings. The average molecular weight is 406 g/mol. The van der Waals surface area contributed by atoms with Crippen molar-refractivity contribution in [2.45, 2.75) is 26.4 Å². The van der Waals surface area contributed by atoms with Crippen LogP contribution in [0.5, 0.6) is 0 Å². The fourth-order valence-corrected chi connectivity index (χ4v) is 2.15. The van der Waals surface area contributed by atoms with Gasteiger partial charge in [-0.3, -0.25) is 10.1 Å². The normalized spacial score (nSPS) is 10.8. The van der Waals surface area contributed by atoms with Crippen LogP contribution in [0.4, 0.5) is 25.0 Å². The van der Waals surface area contributed by atoms with Gasteiger partial charge >= 0.3 is 12.1 Å². The minimum Gasteiger partial charge on any atom is -0.452 e. The number of esters is 1. The largest absolute Gasteiger partial charge is 0.452 e. The van der Waals surface area contributed by atoms with E-state index in [1.807, 2.05) is 5.32 Å². The zero-order valence-electron chi connectivity index (χ0n) is 16.0. The second-order valence-electron chi connectivity index (χ2n) is 6.93. The Morgan fingerprint density at radius 2 is 1.59 bits per heavy atom. The Balaban J connectivity index is 1.94. The van der Waals surface area contributed by atoms with Crippen molar-refractivity contribution in [2.24, 2.45) is 0 Å². The molecule has 0 spiro atoms. The first kappa shape index (κ1) is 21.8. The molecule has 2 amide bonds. The van der Waals surface area contributed by atoms with E-state index in [1.54, 1.807) is 20.8 Å². The molecule has 29 heavy (non-hydrogen) atoms. The summed E-state index contributed by atoms with van der Waals surface area (Å²) in [6, 6.07) is 8.89. The first-order chi connectivity index (χ1) is 13.5. The van der Waals surface area contributed by atoms with Crippen LogP contribution in [0.15, 0.2) is 42.5 Å². The highest BCUT2D eigenvalue weighted by atomic mass is 19.1. The number of benzene rings is 2. The molecule has 2 aromatic carbocycles. The topological polar surface area (TPSA) is 93.7 Å². The second-order valence-corrected chi connectivity index (χ2v) is 6.93. The Morgan fingerprint density at radius 1 is 0.966 bits per heavy atom. The van der Waals surface area contributed by atoms with E-state index in [4.69, 9.17) is 9.47 Å². The molecule has 0 aliphatic carbocycles. The van der Waals surface area contributed by atoms with E-state index in [-0.39, 0.29) is 11.3 Å². The number of carbonyl (C=O) groups is 3. The van der Waals surface area contributed by atoms with Gasteiger partial charge in [0.2, 0.25) is 0 Å². The lowest BCUT2D eigenvalue weighted by molar-refractivity contribution is -0.119. The number of rotatable bonds is 5. The first-order valence-corrected chi connectivity index (χ1v) is 8.56. The van der Waals surface area contributed by atoms with Crippen LogP contribution >= 0.6 is 0 Å².